The maximum atomic E-state index is 5.71. The lowest BCUT2D eigenvalue weighted by Gasteiger charge is -2.25. The molecule has 16 heavy (non-hydrogen) atoms. The van der Waals surface area contributed by atoms with Crippen molar-refractivity contribution < 1.29 is 4.74 Å². The summed E-state index contributed by atoms with van der Waals surface area (Å²) in [4.78, 5) is 0. The summed E-state index contributed by atoms with van der Waals surface area (Å²) in [5.74, 6) is 0.671. The first-order valence-corrected chi connectivity index (χ1v) is 6.70. The molecule has 0 aromatic rings. The van der Waals surface area contributed by atoms with Gasteiger partial charge >= 0.3 is 0 Å². The Labute approximate surface area is 100 Å². The minimum Gasteiger partial charge on any atom is -0.378 e. The van der Waals surface area contributed by atoms with Crippen LogP contribution in [0, 0.1) is 5.92 Å². The SMILES string of the molecule is C=CCC(C)C(C)NCCC1CCCCO1. The van der Waals surface area contributed by atoms with Gasteiger partial charge in [-0.2, -0.15) is 0 Å². The van der Waals surface area contributed by atoms with Crippen LogP contribution in [0.25, 0.3) is 0 Å². The van der Waals surface area contributed by atoms with E-state index in [2.05, 4.69) is 25.7 Å². The summed E-state index contributed by atoms with van der Waals surface area (Å²) in [5.41, 5.74) is 0. The van der Waals surface area contributed by atoms with Crippen molar-refractivity contribution in [2.45, 2.75) is 58.1 Å². The van der Waals surface area contributed by atoms with Crippen LogP contribution in [0.4, 0.5) is 0 Å². The molecule has 1 aliphatic rings. The Morgan fingerprint density at radius 3 is 2.88 bits per heavy atom. The van der Waals surface area contributed by atoms with Crippen LogP contribution < -0.4 is 5.32 Å². The van der Waals surface area contributed by atoms with E-state index < -0.39 is 0 Å². The van der Waals surface area contributed by atoms with Gasteiger partial charge in [0.15, 0.2) is 0 Å². The smallest absolute Gasteiger partial charge is 0.0587 e. The third kappa shape index (κ3) is 5.13. The first-order valence-electron chi connectivity index (χ1n) is 6.70. The van der Waals surface area contributed by atoms with Gasteiger partial charge in [-0.15, -0.1) is 6.58 Å². The van der Waals surface area contributed by atoms with Crippen LogP contribution in [-0.2, 0) is 4.74 Å². The third-order valence-electron chi connectivity index (χ3n) is 3.60. The van der Waals surface area contributed by atoms with Gasteiger partial charge in [-0.1, -0.05) is 13.0 Å². The highest BCUT2D eigenvalue weighted by molar-refractivity contribution is 4.77. The number of ether oxygens (including phenoxy) is 1. The topological polar surface area (TPSA) is 21.3 Å². The molecule has 0 saturated carbocycles. The van der Waals surface area contributed by atoms with Crippen molar-refractivity contribution >= 4 is 0 Å². The number of hydrogen-bond donors (Lipinski definition) is 1. The van der Waals surface area contributed by atoms with E-state index in [1.165, 1.54) is 19.3 Å². The lowest BCUT2D eigenvalue weighted by molar-refractivity contribution is 0.0110. The summed E-state index contributed by atoms with van der Waals surface area (Å²) < 4.78 is 5.71. The molecule has 0 radical (unpaired) electrons. The summed E-state index contributed by atoms with van der Waals surface area (Å²) in [6, 6.07) is 0.571. The molecule has 1 heterocycles. The van der Waals surface area contributed by atoms with E-state index in [1.807, 2.05) is 6.08 Å². The Balaban J connectivity index is 2.06. The molecule has 1 saturated heterocycles. The molecule has 94 valence electrons. The number of rotatable bonds is 7. The van der Waals surface area contributed by atoms with E-state index in [0.29, 0.717) is 18.1 Å². The van der Waals surface area contributed by atoms with Gasteiger partial charge in [-0.05, 0) is 51.5 Å². The molecule has 1 N–H and O–H groups in total. The predicted molar refractivity (Wildman–Crippen MR) is 69.7 cm³/mol. The van der Waals surface area contributed by atoms with Crippen LogP contribution in [0.3, 0.4) is 0 Å². The van der Waals surface area contributed by atoms with Gasteiger partial charge < -0.3 is 10.1 Å². The van der Waals surface area contributed by atoms with Gasteiger partial charge in [0.2, 0.25) is 0 Å². The standard InChI is InChI=1S/C14H27NO/c1-4-7-12(2)13(3)15-10-9-14-8-5-6-11-16-14/h4,12-15H,1,5-11H2,2-3H3. The number of nitrogens with one attached hydrogen (secondary N) is 1. The van der Waals surface area contributed by atoms with Crippen LogP contribution in [0.2, 0.25) is 0 Å². The zero-order chi connectivity index (χ0) is 11.8. The zero-order valence-corrected chi connectivity index (χ0v) is 10.9. The van der Waals surface area contributed by atoms with Crippen LogP contribution in [0.15, 0.2) is 12.7 Å². The maximum absolute atomic E-state index is 5.71. The van der Waals surface area contributed by atoms with Gasteiger partial charge in [0.05, 0.1) is 6.10 Å². The Morgan fingerprint density at radius 1 is 1.44 bits per heavy atom. The largest absolute Gasteiger partial charge is 0.378 e. The average molecular weight is 225 g/mol. The molecular weight excluding hydrogens is 198 g/mol. The van der Waals surface area contributed by atoms with Crippen molar-refractivity contribution in [3.8, 4) is 0 Å². The Morgan fingerprint density at radius 2 is 2.25 bits per heavy atom. The number of allylic oxidation sites excluding steroid dienone is 1. The first-order chi connectivity index (χ1) is 7.74. The summed E-state index contributed by atoms with van der Waals surface area (Å²) in [6.07, 6.45) is 8.59. The van der Waals surface area contributed by atoms with Crippen LogP contribution in [0.5, 0.6) is 0 Å². The first kappa shape index (κ1) is 13.7. The predicted octanol–water partition coefficient (Wildman–Crippen LogP) is 3.14. The molecule has 1 rings (SSSR count). The van der Waals surface area contributed by atoms with Gasteiger partial charge in [0.25, 0.3) is 0 Å². The lowest BCUT2D eigenvalue weighted by Crippen LogP contribution is -2.34. The minimum atomic E-state index is 0.503. The normalized spacial score (nSPS) is 25.0. The van der Waals surface area contributed by atoms with Crippen LogP contribution >= 0.6 is 0 Å². The fraction of sp³-hybridized carbons (Fsp3) is 0.857. The van der Waals surface area contributed by atoms with Gasteiger partial charge in [0.1, 0.15) is 0 Å². The van der Waals surface area contributed by atoms with E-state index in [9.17, 15) is 0 Å². The van der Waals surface area contributed by atoms with E-state index in [-0.39, 0.29) is 0 Å². The highest BCUT2D eigenvalue weighted by Crippen LogP contribution is 2.15. The minimum absolute atomic E-state index is 0.503. The molecule has 1 aliphatic heterocycles. The Kier molecular flexibility index (Phi) is 6.74. The van der Waals surface area contributed by atoms with Gasteiger partial charge in [-0.25, -0.2) is 0 Å². The summed E-state index contributed by atoms with van der Waals surface area (Å²) in [7, 11) is 0. The van der Waals surface area contributed by atoms with E-state index in [1.54, 1.807) is 0 Å². The van der Waals surface area contributed by atoms with Crippen molar-refractivity contribution in [1.29, 1.82) is 0 Å². The van der Waals surface area contributed by atoms with Crippen LogP contribution in [-0.4, -0.2) is 25.3 Å². The quantitative estimate of drug-likeness (QED) is 0.672. The van der Waals surface area contributed by atoms with E-state index in [0.717, 1.165) is 26.0 Å². The van der Waals surface area contributed by atoms with E-state index >= 15 is 0 Å². The van der Waals surface area contributed by atoms with Crippen molar-refractivity contribution in [1.82, 2.24) is 5.32 Å². The Bertz CT molecular complexity index is 187. The molecule has 1 fully saturated rings. The molecular formula is C14H27NO. The lowest BCUT2D eigenvalue weighted by atomic mass is 9.99. The van der Waals surface area contributed by atoms with Crippen molar-refractivity contribution in [3.05, 3.63) is 12.7 Å². The molecule has 0 aromatic carbocycles. The zero-order valence-electron chi connectivity index (χ0n) is 10.9. The molecule has 0 amide bonds. The van der Waals surface area contributed by atoms with Crippen molar-refractivity contribution in [3.63, 3.8) is 0 Å². The highest BCUT2D eigenvalue weighted by Gasteiger charge is 2.14. The molecule has 2 nitrogen and oxygen atoms in total. The fourth-order valence-corrected chi connectivity index (χ4v) is 2.18. The fourth-order valence-electron chi connectivity index (χ4n) is 2.18. The molecule has 2 heteroatoms. The van der Waals surface area contributed by atoms with E-state index in [4.69, 9.17) is 4.74 Å². The molecule has 3 atom stereocenters. The Hall–Kier alpha value is -0.340. The van der Waals surface area contributed by atoms with Gasteiger partial charge in [0, 0.05) is 12.6 Å². The number of hydrogen-bond acceptors (Lipinski definition) is 2. The third-order valence-corrected chi connectivity index (χ3v) is 3.60. The monoisotopic (exact) mass is 225 g/mol. The molecule has 0 bridgehead atoms. The van der Waals surface area contributed by atoms with Crippen LogP contribution in [0.1, 0.15) is 46.0 Å². The molecule has 3 unspecified atom stereocenters. The van der Waals surface area contributed by atoms with Crippen molar-refractivity contribution in [2.24, 2.45) is 5.92 Å². The summed E-state index contributed by atoms with van der Waals surface area (Å²) in [6.45, 7) is 10.4. The summed E-state index contributed by atoms with van der Waals surface area (Å²) >= 11 is 0. The summed E-state index contributed by atoms with van der Waals surface area (Å²) in [5, 5.41) is 3.59. The van der Waals surface area contributed by atoms with Crippen molar-refractivity contribution in [2.75, 3.05) is 13.2 Å². The second kappa shape index (κ2) is 7.86. The second-order valence-electron chi connectivity index (χ2n) is 5.02. The molecule has 0 aromatic heterocycles. The maximum Gasteiger partial charge on any atom is 0.0587 e. The highest BCUT2D eigenvalue weighted by atomic mass is 16.5. The molecule has 0 spiro atoms. The van der Waals surface area contributed by atoms with Gasteiger partial charge in [-0.3, -0.25) is 0 Å². The second-order valence-corrected chi connectivity index (χ2v) is 5.02. The average Bonchev–Trinajstić information content (AvgIpc) is 2.30. The molecule has 0 aliphatic carbocycles.